The minimum Gasteiger partial charge on any atom is -0.469 e. The van der Waals surface area contributed by atoms with E-state index in [1.165, 1.54) is 14.0 Å². The molecule has 16 heteroatoms. The second-order valence-corrected chi connectivity index (χ2v) is 15.1. The van der Waals surface area contributed by atoms with Crippen LogP contribution in [0.4, 0.5) is 26.3 Å². The van der Waals surface area contributed by atoms with E-state index in [1.807, 2.05) is 20.8 Å². The molecule has 0 spiro atoms. The zero-order chi connectivity index (χ0) is 43.0. The number of allylic oxidation sites excluding steroid dienone is 2. The van der Waals surface area contributed by atoms with Crippen LogP contribution in [0, 0.1) is 13.8 Å². The third-order valence-corrected chi connectivity index (χ3v) is 11.5. The number of rotatable bonds is 7. The fourth-order valence-electron chi connectivity index (χ4n) is 8.39. The Kier molecular flexibility index (Phi) is 10.2. The number of aromatic nitrogens is 4. The van der Waals surface area contributed by atoms with Crippen molar-refractivity contribution in [2.24, 2.45) is 0 Å². The monoisotopic (exact) mass is 819 g/mol. The Bertz CT molecular complexity index is 2670. The summed E-state index contributed by atoms with van der Waals surface area (Å²) < 4.78 is 88.5. The van der Waals surface area contributed by atoms with E-state index in [-0.39, 0.29) is 47.0 Å². The van der Waals surface area contributed by atoms with Gasteiger partial charge in [-0.15, -0.1) is 0 Å². The molecule has 59 heavy (non-hydrogen) atoms. The maximum atomic E-state index is 14.9. The number of hydrogen-bond acceptors (Lipinski definition) is 7. The van der Waals surface area contributed by atoms with Gasteiger partial charge in [-0.1, -0.05) is 13.8 Å². The molecule has 0 saturated carbocycles. The van der Waals surface area contributed by atoms with Crippen molar-refractivity contribution in [2.45, 2.75) is 91.5 Å². The van der Waals surface area contributed by atoms with E-state index >= 15 is 0 Å². The van der Waals surface area contributed by atoms with Gasteiger partial charge in [-0.3, -0.25) is 29.1 Å². The number of nitrogens with zero attached hydrogens (tertiary/aromatic N) is 3. The number of esters is 1. The van der Waals surface area contributed by atoms with Gasteiger partial charge >= 0.3 is 18.3 Å². The molecular formula is C43H39F6N5O5. The summed E-state index contributed by atoms with van der Waals surface area (Å²) in [4.78, 5) is 72.0. The van der Waals surface area contributed by atoms with Gasteiger partial charge in [0.1, 0.15) is 0 Å². The average molecular weight is 820 g/mol. The van der Waals surface area contributed by atoms with E-state index in [0.29, 0.717) is 73.8 Å². The quantitative estimate of drug-likeness (QED) is 0.0819. The van der Waals surface area contributed by atoms with Crippen molar-refractivity contribution in [3.8, 4) is 0 Å². The minimum atomic E-state index is -5.17. The van der Waals surface area contributed by atoms with Crippen molar-refractivity contribution in [3.63, 3.8) is 0 Å². The first-order valence-electron chi connectivity index (χ1n) is 18.8. The lowest BCUT2D eigenvalue weighted by molar-refractivity contribution is -0.143. The number of ketones is 1. The topological polar surface area (TPSA) is 138 Å². The average Bonchev–Trinajstić information content (AvgIpc) is 3.84. The number of halogens is 6. The number of hydrogen-bond donors (Lipinski definition) is 2. The van der Waals surface area contributed by atoms with Crippen LogP contribution in [0.5, 0.6) is 0 Å². The maximum absolute atomic E-state index is 14.9. The van der Waals surface area contributed by atoms with Crippen LogP contribution in [0.25, 0.3) is 33.2 Å². The molecule has 8 bridgehead atoms. The lowest BCUT2D eigenvalue weighted by Crippen LogP contribution is -2.40. The number of carbonyl (C=O) groups excluding carboxylic acids is 4. The molecule has 10 nitrogen and oxygen atoms in total. The number of methoxy groups -OCH3 is 1. The van der Waals surface area contributed by atoms with E-state index in [9.17, 15) is 45.5 Å². The van der Waals surface area contributed by atoms with Gasteiger partial charge in [-0.25, -0.2) is 4.98 Å². The van der Waals surface area contributed by atoms with Crippen molar-refractivity contribution in [2.75, 3.05) is 7.11 Å². The summed E-state index contributed by atoms with van der Waals surface area (Å²) in [7, 11) is 1.23. The standard InChI is InChI=1S/C43H39F6N5O5/c1-8-26-18(2)28-16-33-35(22(6)55)20(4)30(51-33)14-29-19(3)27(9-10-34(56)59-7)38(52-29)37-39-36(21(5)31(53-39)15-32(26)50-28)40(57)54(41(37)58)17-23-11-24(42(44,45)46)13-25(12-23)43(47,48)49/h11-16,19,27,51,53H,8-10,17H2,1-7H3/t19?,27-/m0/s1. The third-order valence-electron chi connectivity index (χ3n) is 11.5. The number of ether oxygens (including phenoxy) is 1. The van der Waals surface area contributed by atoms with E-state index in [4.69, 9.17) is 14.7 Å². The van der Waals surface area contributed by atoms with Crippen LogP contribution < -0.4 is 0 Å². The van der Waals surface area contributed by atoms with Gasteiger partial charge in [0.2, 0.25) is 0 Å². The summed E-state index contributed by atoms with van der Waals surface area (Å²) in [6, 6.07) is 6.19. The number of benzene rings is 1. The van der Waals surface area contributed by atoms with Crippen molar-refractivity contribution in [1.82, 2.24) is 24.8 Å². The van der Waals surface area contributed by atoms with Gasteiger partial charge in [0, 0.05) is 40.5 Å². The highest BCUT2D eigenvalue weighted by molar-refractivity contribution is 6.23. The number of carbonyl (C=O) groups is 4. The molecule has 7 rings (SSSR count). The number of Topliss-reactive ketones (excluding diaryl/α,β-unsaturated/α-hetero) is 1. The molecule has 0 radical (unpaired) electrons. The number of aromatic amines is 2. The maximum Gasteiger partial charge on any atom is 0.416 e. The number of H-pyrrole nitrogens is 2. The molecule has 3 aromatic heterocycles. The zero-order valence-electron chi connectivity index (χ0n) is 33.1. The molecular weight excluding hydrogens is 780 g/mol. The number of fused-ring (bicyclic) bond motifs is 8. The molecule has 0 aliphatic carbocycles. The normalized spacial score (nSPS) is 16.9. The second kappa shape index (κ2) is 14.6. The highest BCUT2D eigenvalue weighted by Gasteiger charge is 2.42. The SMILES string of the molecule is CCC1=C(C)c2cc3[nH]c(cc4nc(c5c6[nH]c(cc1n2)c(C)c6C(=O)N(Cc1cc(C(F)(F)F)cc(C(F)(F)F)c1)C5=O)[C@@H](CCC(=O)OC)C4C)c(C)c3C(C)=O. The van der Waals surface area contributed by atoms with Crippen molar-refractivity contribution in [3.05, 3.63) is 104 Å². The van der Waals surface area contributed by atoms with Crippen LogP contribution in [0.3, 0.4) is 0 Å². The molecule has 0 fully saturated rings. The van der Waals surface area contributed by atoms with Crippen LogP contribution in [-0.4, -0.2) is 55.5 Å². The van der Waals surface area contributed by atoms with Crippen LogP contribution in [0.1, 0.15) is 140 Å². The predicted molar refractivity (Wildman–Crippen MR) is 206 cm³/mol. The highest BCUT2D eigenvalue weighted by atomic mass is 19.4. The molecule has 0 saturated heterocycles. The molecule has 3 aliphatic heterocycles. The predicted octanol–water partition coefficient (Wildman–Crippen LogP) is 10.1. The Labute approximate surface area is 333 Å². The highest BCUT2D eigenvalue weighted by Crippen LogP contribution is 2.45. The Hall–Kier alpha value is -6.06. The van der Waals surface area contributed by atoms with Gasteiger partial charge in [-0.2, -0.15) is 26.3 Å². The van der Waals surface area contributed by atoms with Gasteiger partial charge in [0.25, 0.3) is 11.8 Å². The van der Waals surface area contributed by atoms with Crippen LogP contribution in [0.15, 0.2) is 36.4 Å². The molecule has 2 N–H and O–H groups in total. The number of aryl methyl sites for hydroxylation is 2. The Morgan fingerprint density at radius 2 is 1.42 bits per heavy atom. The first kappa shape index (κ1) is 41.1. The molecule has 1 unspecified atom stereocenters. The molecule has 1 aromatic carbocycles. The number of imide groups is 1. The van der Waals surface area contributed by atoms with Gasteiger partial charge in [0.15, 0.2) is 5.78 Å². The van der Waals surface area contributed by atoms with Crippen LogP contribution >= 0.6 is 0 Å². The lowest BCUT2D eigenvalue weighted by atomic mass is 9.84. The fourth-order valence-corrected chi connectivity index (χ4v) is 8.39. The molecule has 3 aliphatic rings. The van der Waals surface area contributed by atoms with E-state index in [2.05, 4.69) is 9.97 Å². The fraction of sp³-hybridized carbons (Fsp3) is 0.349. The van der Waals surface area contributed by atoms with Crippen molar-refractivity contribution >= 4 is 56.8 Å². The van der Waals surface area contributed by atoms with E-state index in [1.54, 1.807) is 32.0 Å². The number of nitrogens with one attached hydrogen (secondary N) is 2. The summed E-state index contributed by atoms with van der Waals surface area (Å²) in [5.74, 6) is -3.84. The Morgan fingerprint density at radius 1 is 0.814 bits per heavy atom. The second-order valence-electron chi connectivity index (χ2n) is 15.1. The van der Waals surface area contributed by atoms with E-state index < -0.39 is 65.2 Å². The first-order valence-corrected chi connectivity index (χ1v) is 18.8. The molecule has 2 amide bonds. The third kappa shape index (κ3) is 7.11. The summed E-state index contributed by atoms with van der Waals surface area (Å²) >= 11 is 0. The van der Waals surface area contributed by atoms with Gasteiger partial charge in [-0.05, 0) is 105 Å². The van der Waals surface area contributed by atoms with Gasteiger partial charge < -0.3 is 14.7 Å². The summed E-state index contributed by atoms with van der Waals surface area (Å²) in [6.45, 7) is 9.59. The zero-order valence-corrected chi connectivity index (χ0v) is 33.1. The minimum absolute atomic E-state index is 0.0236. The van der Waals surface area contributed by atoms with Crippen molar-refractivity contribution < 1.29 is 50.3 Å². The Balaban J connectivity index is 1.59. The summed E-state index contributed by atoms with van der Waals surface area (Å²) in [6.07, 6.45) is -9.77. The number of alkyl halides is 6. The lowest BCUT2D eigenvalue weighted by Gasteiger charge is -2.27. The summed E-state index contributed by atoms with van der Waals surface area (Å²) in [5.41, 5.74) is 2.38. The molecule has 4 aromatic rings. The van der Waals surface area contributed by atoms with E-state index in [0.717, 1.165) is 11.1 Å². The molecule has 6 heterocycles. The van der Waals surface area contributed by atoms with Gasteiger partial charge in [0.05, 0.1) is 64.0 Å². The smallest absolute Gasteiger partial charge is 0.416 e. The molecule has 2 atom stereocenters. The first-order chi connectivity index (χ1) is 27.6. The van der Waals surface area contributed by atoms with Crippen LogP contribution in [-0.2, 0) is 28.4 Å². The number of amides is 2. The van der Waals surface area contributed by atoms with Crippen LogP contribution in [0.2, 0.25) is 0 Å². The van der Waals surface area contributed by atoms with Crippen molar-refractivity contribution in [1.29, 1.82) is 0 Å². The summed E-state index contributed by atoms with van der Waals surface area (Å²) in [5, 5.41) is 0. The Morgan fingerprint density at radius 3 is 2.02 bits per heavy atom. The molecule has 308 valence electrons. The largest absolute Gasteiger partial charge is 0.469 e.